The maximum absolute atomic E-state index is 6.10. The van der Waals surface area contributed by atoms with Crippen LogP contribution in [0.25, 0.3) is 0 Å². The molecule has 0 aliphatic carbocycles. The van der Waals surface area contributed by atoms with E-state index < -0.39 is 0 Å². The SMILES string of the molecule is CCCC1CCN(C(CN)c2ccccc2OCC)CC1. The van der Waals surface area contributed by atoms with Crippen molar-refractivity contribution in [1.82, 2.24) is 4.90 Å². The van der Waals surface area contributed by atoms with Gasteiger partial charge in [-0.05, 0) is 44.8 Å². The van der Waals surface area contributed by atoms with Crippen LogP contribution in [0.4, 0.5) is 0 Å². The quantitative estimate of drug-likeness (QED) is 0.834. The maximum Gasteiger partial charge on any atom is 0.124 e. The van der Waals surface area contributed by atoms with E-state index in [4.69, 9.17) is 10.5 Å². The summed E-state index contributed by atoms with van der Waals surface area (Å²) in [6, 6.07) is 8.64. The first-order valence-corrected chi connectivity index (χ1v) is 8.45. The normalized spacial score (nSPS) is 18.6. The number of nitrogens with two attached hydrogens (primary N) is 1. The molecule has 3 heteroatoms. The van der Waals surface area contributed by atoms with Crippen molar-refractivity contribution in [2.24, 2.45) is 11.7 Å². The number of ether oxygens (including phenoxy) is 1. The van der Waals surface area contributed by atoms with Gasteiger partial charge in [0.1, 0.15) is 5.75 Å². The van der Waals surface area contributed by atoms with Gasteiger partial charge in [-0.3, -0.25) is 4.90 Å². The van der Waals surface area contributed by atoms with Crippen molar-refractivity contribution in [2.75, 3.05) is 26.2 Å². The molecule has 1 fully saturated rings. The highest BCUT2D eigenvalue weighted by Gasteiger charge is 2.26. The van der Waals surface area contributed by atoms with Crippen LogP contribution in [0.3, 0.4) is 0 Å². The van der Waals surface area contributed by atoms with Gasteiger partial charge in [0.2, 0.25) is 0 Å². The monoisotopic (exact) mass is 290 g/mol. The van der Waals surface area contributed by atoms with Gasteiger partial charge < -0.3 is 10.5 Å². The number of hydrogen-bond acceptors (Lipinski definition) is 3. The maximum atomic E-state index is 6.10. The van der Waals surface area contributed by atoms with E-state index in [1.54, 1.807) is 0 Å². The second kappa shape index (κ2) is 8.40. The first-order valence-electron chi connectivity index (χ1n) is 8.45. The highest BCUT2D eigenvalue weighted by molar-refractivity contribution is 5.36. The molecule has 1 aromatic carbocycles. The number of benzene rings is 1. The average Bonchev–Trinajstić information content (AvgIpc) is 2.52. The van der Waals surface area contributed by atoms with Gasteiger partial charge in [-0.15, -0.1) is 0 Å². The lowest BCUT2D eigenvalue weighted by Gasteiger charge is -2.37. The number of para-hydroxylation sites is 1. The minimum atomic E-state index is 0.287. The van der Waals surface area contributed by atoms with E-state index in [0.29, 0.717) is 13.2 Å². The zero-order valence-corrected chi connectivity index (χ0v) is 13.6. The summed E-state index contributed by atoms with van der Waals surface area (Å²) >= 11 is 0. The van der Waals surface area contributed by atoms with Crippen LogP contribution in [0.1, 0.15) is 51.1 Å². The third-order valence-corrected chi connectivity index (χ3v) is 4.59. The van der Waals surface area contributed by atoms with Crippen molar-refractivity contribution in [3.05, 3.63) is 29.8 Å². The van der Waals surface area contributed by atoms with E-state index in [9.17, 15) is 0 Å². The van der Waals surface area contributed by atoms with Crippen LogP contribution in [0.5, 0.6) is 5.75 Å². The first kappa shape index (κ1) is 16.3. The molecular weight excluding hydrogens is 260 g/mol. The third kappa shape index (κ3) is 4.21. The van der Waals surface area contributed by atoms with Gasteiger partial charge in [0.05, 0.1) is 12.6 Å². The predicted octanol–water partition coefficient (Wildman–Crippen LogP) is 3.60. The number of piperidine rings is 1. The highest BCUT2D eigenvalue weighted by atomic mass is 16.5. The molecule has 0 aromatic heterocycles. The fraction of sp³-hybridized carbons (Fsp3) is 0.667. The molecule has 3 nitrogen and oxygen atoms in total. The zero-order chi connectivity index (χ0) is 15.1. The topological polar surface area (TPSA) is 38.5 Å². The largest absolute Gasteiger partial charge is 0.494 e. The number of rotatable bonds is 7. The minimum Gasteiger partial charge on any atom is -0.494 e. The fourth-order valence-corrected chi connectivity index (χ4v) is 3.48. The first-order chi connectivity index (χ1) is 10.3. The Morgan fingerprint density at radius 3 is 2.57 bits per heavy atom. The molecule has 118 valence electrons. The van der Waals surface area contributed by atoms with Gasteiger partial charge in [-0.25, -0.2) is 0 Å². The van der Waals surface area contributed by atoms with E-state index in [1.807, 2.05) is 13.0 Å². The summed E-state index contributed by atoms with van der Waals surface area (Å²) in [5, 5.41) is 0. The van der Waals surface area contributed by atoms with Crippen molar-refractivity contribution >= 4 is 0 Å². The molecule has 1 saturated heterocycles. The van der Waals surface area contributed by atoms with Gasteiger partial charge in [-0.1, -0.05) is 38.0 Å². The van der Waals surface area contributed by atoms with E-state index in [0.717, 1.165) is 24.8 Å². The Hall–Kier alpha value is -1.06. The lowest BCUT2D eigenvalue weighted by Crippen LogP contribution is -2.40. The van der Waals surface area contributed by atoms with Crippen molar-refractivity contribution in [3.63, 3.8) is 0 Å². The molecular formula is C18H30N2O. The average molecular weight is 290 g/mol. The summed E-state index contributed by atoms with van der Waals surface area (Å²) in [6.07, 6.45) is 5.29. The molecule has 0 radical (unpaired) electrons. The summed E-state index contributed by atoms with van der Waals surface area (Å²) < 4.78 is 5.79. The van der Waals surface area contributed by atoms with Crippen molar-refractivity contribution < 1.29 is 4.74 Å². The number of likely N-dealkylation sites (tertiary alicyclic amines) is 1. The second-order valence-corrected chi connectivity index (χ2v) is 5.99. The Kier molecular flexibility index (Phi) is 6.52. The van der Waals surface area contributed by atoms with Crippen LogP contribution < -0.4 is 10.5 Å². The summed E-state index contributed by atoms with van der Waals surface area (Å²) in [4.78, 5) is 2.55. The zero-order valence-electron chi connectivity index (χ0n) is 13.6. The van der Waals surface area contributed by atoms with Crippen molar-refractivity contribution in [2.45, 2.75) is 45.6 Å². The summed E-state index contributed by atoms with van der Waals surface area (Å²) in [7, 11) is 0. The molecule has 1 aliphatic rings. The highest BCUT2D eigenvalue weighted by Crippen LogP contribution is 2.32. The van der Waals surface area contributed by atoms with Crippen LogP contribution >= 0.6 is 0 Å². The predicted molar refractivity (Wildman–Crippen MR) is 88.6 cm³/mol. The lowest BCUT2D eigenvalue weighted by atomic mass is 9.90. The van der Waals surface area contributed by atoms with E-state index >= 15 is 0 Å². The van der Waals surface area contributed by atoms with Crippen molar-refractivity contribution in [1.29, 1.82) is 0 Å². The lowest BCUT2D eigenvalue weighted by molar-refractivity contribution is 0.129. The Labute approximate surface area is 129 Å². The van der Waals surface area contributed by atoms with Gasteiger partial charge >= 0.3 is 0 Å². The summed E-state index contributed by atoms with van der Waals surface area (Å²) in [5.41, 5.74) is 7.34. The van der Waals surface area contributed by atoms with Gasteiger partial charge in [0, 0.05) is 12.1 Å². The Morgan fingerprint density at radius 1 is 1.24 bits per heavy atom. The Balaban J connectivity index is 2.06. The molecule has 1 unspecified atom stereocenters. The van der Waals surface area contributed by atoms with E-state index in [2.05, 4.69) is 30.0 Å². The molecule has 21 heavy (non-hydrogen) atoms. The Morgan fingerprint density at radius 2 is 1.95 bits per heavy atom. The molecule has 1 atom stereocenters. The van der Waals surface area contributed by atoms with Crippen LogP contribution in [-0.2, 0) is 0 Å². The fourth-order valence-electron chi connectivity index (χ4n) is 3.48. The van der Waals surface area contributed by atoms with Crippen LogP contribution in [0, 0.1) is 5.92 Å². The summed E-state index contributed by atoms with van der Waals surface area (Å²) in [6.45, 7) is 7.99. The molecule has 0 saturated carbocycles. The standard InChI is InChI=1S/C18H30N2O/c1-3-7-15-10-12-20(13-11-15)17(14-19)16-8-5-6-9-18(16)21-4-2/h5-6,8-9,15,17H,3-4,7,10-14,19H2,1-2H3. The molecule has 1 heterocycles. The van der Waals surface area contributed by atoms with Gasteiger partial charge in [-0.2, -0.15) is 0 Å². The van der Waals surface area contributed by atoms with Gasteiger partial charge in [0.15, 0.2) is 0 Å². The molecule has 2 rings (SSSR count). The Bertz CT molecular complexity index is 413. The smallest absolute Gasteiger partial charge is 0.124 e. The number of nitrogens with zero attached hydrogens (tertiary/aromatic N) is 1. The molecule has 0 spiro atoms. The number of hydrogen-bond donors (Lipinski definition) is 1. The minimum absolute atomic E-state index is 0.287. The van der Waals surface area contributed by atoms with Crippen LogP contribution in [0.2, 0.25) is 0 Å². The van der Waals surface area contributed by atoms with E-state index in [1.165, 1.54) is 31.2 Å². The molecule has 0 amide bonds. The second-order valence-electron chi connectivity index (χ2n) is 5.99. The third-order valence-electron chi connectivity index (χ3n) is 4.59. The summed E-state index contributed by atoms with van der Waals surface area (Å²) in [5.74, 6) is 1.90. The molecule has 1 aliphatic heterocycles. The van der Waals surface area contributed by atoms with Gasteiger partial charge in [0.25, 0.3) is 0 Å². The molecule has 2 N–H and O–H groups in total. The van der Waals surface area contributed by atoms with Crippen molar-refractivity contribution in [3.8, 4) is 5.75 Å². The molecule has 1 aromatic rings. The van der Waals surface area contributed by atoms with Crippen LogP contribution in [0.15, 0.2) is 24.3 Å². The van der Waals surface area contributed by atoms with E-state index in [-0.39, 0.29) is 6.04 Å². The molecule has 0 bridgehead atoms. The van der Waals surface area contributed by atoms with Crippen LogP contribution in [-0.4, -0.2) is 31.1 Å².